The largest absolute Gasteiger partial charge is 0.490 e. The van der Waals surface area contributed by atoms with Crippen LogP contribution in [0.5, 0.6) is 5.75 Å². The zero-order valence-corrected chi connectivity index (χ0v) is 10.9. The summed E-state index contributed by atoms with van der Waals surface area (Å²) in [5, 5.41) is 0. The van der Waals surface area contributed by atoms with E-state index in [0.29, 0.717) is 5.92 Å². The van der Waals surface area contributed by atoms with Crippen LogP contribution in [0.3, 0.4) is 0 Å². The fourth-order valence-electron chi connectivity index (χ4n) is 1.78. The van der Waals surface area contributed by atoms with Gasteiger partial charge in [0.15, 0.2) is 0 Å². The second-order valence-electron chi connectivity index (χ2n) is 4.20. The van der Waals surface area contributed by atoms with Gasteiger partial charge in [0.2, 0.25) is 0 Å². The van der Waals surface area contributed by atoms with Crippen molar-refractivity contribution in [3.8, 4) is 5.75 Å². The smallest absolute Gasteiger partial charge is 0.419 e. The lowest BCUT2D eigenvalue weighted by Gasteiger charge is -2.34. The molecular weight excluding hydrogens is 253 g/mol. The molecule has 1 aromatic carbocycles. The highest BCUT2D eigenvalue weighted by molar-refractivity contribution is 5.35. The van der Waals surface area contributed by atoms with Crippen molar-refractivity contribution in [2.75, 3.05) is 0 Å². The molecule has 110 valence electrons. The summed E-state index contributed by atoms with van der Waals surface area (Å²) in [5.41, 5.74) is -0.686. The van der Waals surface area contributed by atoms with Gasteiger partial charge in [-0.25, -0.2) is 0 Å². The standard InChI is InChI=1S/C12H13F3O.C2H6.CH4/c1-8-6-7-10(8)16-11-5-3-2-4-9(11)12(13,14)15;1-2;/h2-5,8,10H,6-7H2,1H3;1-2H3;1H4/t8-,10+;;/m1../s1. The van der Waals surface area contributed by atoms with Crippen LogP contribution < -0.4 is 4.74 Å². The number of hydrogen-bond acceptors (Lipinski definition) is 1. The molecule has 4 heteroatoms. The zero-order valence-electron chi connectivity index (χ0n) is 10.9. The van der Waals surface area contributed by atoms with Gasteiger partial charge in [0.05, 0.1) is 5.56 Å². The predicted octanol–water partition coefficient (Wildman–Crippen LogP) is 5.55. The van der Waals surface area contributed by atoms with Crippen molar-refractivity contribution in [2.24, 2.45) is 5.92 Å². The first-order valence-corrected chi connectivity index (χ1v) is 6.31. The van der Waals surface area contributed by atoms with Crippen LogP contribution in [0, 0.1) is 5.92 Å². The minimum Gasteiger partial charge on any atom is -0.490 e. The minimum absolute atomic E-state index is 0. The van der Waals surface area contributed by atoms with Crippen molar-refractivity contribution in [3.63, 3.8) is 0 Å². The van der Waals surface area contributed by atoms with E-state index in [4.69, 9.17) is 4.74 Å². The Morgan fingerprint density at radius 3 is 2.11 bits per heavy atom. The fourth-order valence-corrected chi connectivity index (χ4v) is 1.78. The first-order valence-electron chi connectivity index (χ1n) is 6.31. The van der Waals surface area contributed by atoms with E-state index in [1.54, 1.807) is 6.07 Å². The molecule has 2 atom stereocenters. The van der Waals surface area contributed by atoms with Gasteiger partial charge in [0.25, 0.3) is 0 Å². The monoisotopic (exact) mass is 276 g/mol. The summed E-state index contributed by atoms with van der Waals surface area (Å²) in [4.78, 5) is 0. The molecule has 0 spiro atoms. The van der Waals surface area contributed by atoms with E-state index in [1.165, 1.54) is 12.1 Å². The Bertz CT molecular complexity index is 374. The van der Waals surface area contributed by atoms with Crippen LogP contribution in [-0.4, -0.2) is 6.10 Å². The van der Waals surface area contributed by atoms with E-state index >= 15 is 0 Å². The Morgan fingerprint density at radius 2 is 1.68 bits per heavy atom. The third-order valence-electron chi connectivity index (χ3n) is 3.01. The first-order chi connectivity index (χ1) is 8.48. The number of para-hydroxylation sites is 1. The molecule has 1 aromatic rings. The van der Waals surface area contributed by atoms with Gasteiger partial charge in [-0.1, -0.05) is 40.3 Å². The topological polar surface area (TPSA) is 9.23 Å². The highest BCUT2D eigenvalue weighted by atomic mass is 19.4. The molecule has 0 amide bonds. The lowest BCUT2D eigenvalue weighted by molar-refractivity contribution is -0.139. The van der Waals surface area contributed by atoms with Crippen LogP contribution in [0.2, 0.25) is 0 Å². The summed E-state index contributed by atoms with van der Waals surface area (Å²) in [6, 6.07) is 5.38. The molecule has 0 unspecified atom stereocenters. The summed E-state index contributed by atoms with van der Waals surface area (Å²) >= 11 is 0. The van der Waals surface area contributed by atoms with Gasteiger partial charge in [0, 0.05) is 0 Å². The Morgan fingerprint density at radius 1 is 1.11 bits per heavy atom. The highest BCUT2D eigenvalue weighted by Crippen LogP contribution is 2.39. The lowest BCUT2D eigenvalue weighted by Crippen LogP contribution is -2.35. The maximum atomic E-state index is 12.6. The summed E-state index contributed by atoms with van der Waals surface area (Å²) in [5.74, 6) is 0.299. The maximum Gasteiger partial charge on any atom is 0.419 e. The Labute approximate surface area is 113 Å². The second kappa shape index (κ2) is 7.41. The van der Waals surface area contributed by atoms with E-state index in [0.717, 1.165) is 18.9 Å². The predicted molar refractivity (Wildman–Crippen MR) is 72.3 cm³/mol. The van der Waals surface area contributed by atoms with Crippen molar-refractivity contribution in [1.82, 2.24) is 0 Å². The van der Waals surface area contributed by atoms with E-state index in [-0.39, 0.29) is 19.3 Å². The van der Waals surface area contributed by atoms with Gasteiger partial charge in [-0.15, -0.1) is 0 Å². The number of benzene rings is 1. The Kier molecular flexibility index (Phi) is 6.95. The second-order valence-corrected chi connectivity index (χ2v) is 4.20. The van der Waals surface area contributed by atoms with Crippen LogP contribution in [-0.2, 0) is 6.18 Å². The molecule has 1 aliphatic carbocycles. The van der Waals surface area contributed by atoms with Gasteiger partial charge in [-0.3, -0.25) is 0 Å². The Balaban J connectivity index is 0.00000103. The average molecular weight is 276 g/mol. The number of alkyl halides is 3. The molecule has 19 heavy (non-hydrogen) atoms. The number of ether oxygens (including phenoxy) is 1. The SMILES string of the molecule is C.CC.C[C@@H]1CC[C@@H]1Oc1ccccc1C(F)(F)F. The molecule has 1 saturated carbocycles. The molecule has 0 aromatic heterocycles. The number of rotatable bonds is 2. The molecular formula is C15H23F3O. The molecule has 0 aliphatic heterocycles. The van der Waals surface area contributed by atoms with Crippen LogP contribution in [0.15, 0.2) is 24.3 Å². The molecule has 0 heterocycles. The molecule has 1 aliphatic rings. The van der Waals surface area contributed by atoms with Crippen molar-refractivity contribution in [3.05, 3.63) is 29.8 Å². The van der Waals surface area contributed by atoms with Crippen LogP contribution >= 0.6 is 0 Å². The van der Waals surface area contributed by atoms with E-state index in [9.17, 15) is 13.2 Å². The molecule has 2 rings (SSSR count). The minimum atomic E-state index is -4.34. The quantitative estimate of drug-likeness (QED) is 0.688. The van der Waals surface area contributed by atoms with Crippen LogP contribution in [0.25, 0.3) is 0 Å². The number of halogens is 3. The highest BCUT2D eigenvalue weighted by Gasteiger charge is 2.36. The van der Waals surface area contributed by atoms with Crippen molar-refractivity contribution < 1.29 is 17.9 Å². The summed E-state index contributed by atoms with van der Waals surface area (Å²) in [7, 11) is 0. The Hall–Kier alpha value is -1.19. The van der Waals surface area contributed by atoms with E-state index in [2.05, 4.69) is 0 Å². The molecule has 0 radical (unpaired) electrons. The molecule has 1 fully saturated rings. The lowest BCUT2D eigenvalue weighted by atomic mass is 9.83. The zero-order chi connectivity index (χ0) is 13.8. The first kappa shape index (κ1) is 17.8. The molecule has 0 bridgehead atoms. The molecule has 0 saturated heterocycles. The molecule has 1 nitrogen and oxygen atoms in total. The van der Waals surface area contributed by atoms with Gasteiger partial charge in [-0.2, -0.15) is 13.2 Å². The van der Waals surface area contributed by atoms with Crippen LogP contribution in [0.4, 0.5) is 13.2 Å². The van der Waals surface area contributed by atoms with Crippen LogP contribution in [0.1, 0.15) is 46.6 Å². The maximum absolute atomic E-state index is 12.6. The third-order valence-corrected chi connectivity index (χ3v) is 3.01. The van der Waals surface area contributed by atoms with Gasteiger partial charge >= 0.3 is 6.18 Å². The van der Waals surface area contributed by atoms with Gasteiger partial charge in [0.1, 0.15) is 11.9 Å². The molecule has 0 N–H and O–H groups in total. The third kappa shape index (κ3) is 4.44. The van der Waals surface area contributed by atoms with Gasteiger partial charge < -0.3 is 4.74 Å². The normalized spacial score (nSPS) is 21.4. The summed E-state index contributed by atoms with van der Waals surface area (Å²) in [6.07, 6.45) is -2.54. The summed E-state index contributed by atoms with van der Waals surface area (Å²) in [6.45, 7) is 5.99. The van der Waals surface area contributed by atoms with Crippen molar-refractivity contribution in [1.29, 1.82) is 0 Å². The van der Waals surface area contributed by atoms with E-state index in [1.807, 2.05) is 20.8 Å². The number of hydrogen-bond donors (Lipinski definition) is 0. The van der Waals surface area contributed by atoms with Gasteiger partial charge in [-0.05, 0) is 30.9 Å². The fraction of sp³-hybridized carbons (Fsp3) is 0.600. The van der Waals surface area contributed by atoms with Crippen molar-refractivity contribution >= 4 is 0 Å². The summed E-state index contributed by atoms with van der Waals surface area (Å²) < 4.78 is 43.3. The average Bonchev–Trinajstić information content (AvgIpc) is 2.36. The van der Waals surface area contributed by atoms with Crippen molar-refractivity contribution in [2.45, 2.75) is 53.3 Å². The van der Waals surface area contributed by atoms with E-state index < -0.39 is 11.7 Å².